The summed E-state index contributed by atoms with van der Waals surface area (Å²) in [5.74, 6) is -1.16. The van der Waals surface area contributed by atoms with Gasteiger partial charge in [0.25, 0.3) is 11.8 Å². The highest BCUT2D eigenvalue weighted by molar-refractivity contribution is 8.07. The average Bonchev–Trinajstić information content (AvgIpc) is 3.57. The van der Waals surface area contributed by atoms with Crippen molar-refractivity contribution in [1.29, 1.82) is 0 Å². The lowest BCUT2D eigenvalue weighted by Crippen LogP contribution is -2.71. The molecule has 0 aromatic carbocycles. The number of aliphatic carboxylic acids is 1. The molecule has 4 heterocycles. The Labute approximate surface area is 254 Å². The number of carboxylic acid groups (broad SMARTS) is 1. The first-order valence-electron chi connectivity index (χ1n) is 11.7. The van der Waals surface area contributed by atoms with E-state index in [0.717, 1.165) is 37.7 Å². The third-order valence-corrected chi connectivity index (χ3v) is 10.7. The molecule has 2 aromatic heterocycles. The van der Waals surface area contributed by atoms with Crippen LogP contribution in [0.15, 0.2) is 30.4 Å². The van der Waals surface area contributed by atoms with Crippen molar-refractivity contribution < 1.29 is 24.7 Å². The second kappa shape index (κ2) is 13.6. The molecule has 0 bridgehead atoms. The van der Waals surface area contributed by atoms with Crippen molar-refractivity contribution in [2.45, 2.75) is 28.3 Å². The maximum absolute atomic E-state index is 13.0. The van der Waals surface area contributed by atoms with Gasteiger partial charge in [0.15, 0.2) is 10.8 Å². The number of amides is 2. The quantitative estimate of drug-likeness (QED) is 0.0413. The summed E-state index contributed by atoms with van der Waals surface area (Å²) >= 11 is 6.33. The molecule has 1 fully saturated rings. The Morgan fingerprint density at radius 3 is 2.78 bits per heavy atom. The van der Waals surface area contributed by atoms with Gasteiger partial charge in [-0.25, -0.2) is 9.78 Å². The van der Waals surface area contributed by atoms with Crippen LogP contribution in [0.5, 0.6) is 0 Å². The van der Waals surface area contributed by atoms with Crippen molar-refractivity contribution in [3.63, 3.8) is 0 Å². The third kappa shape index (κ3) is 6.97. The number of carboxylic acids is 1. The number of fused-ring (bicyclic) bond motifs is 1. The summed E-state index contributed by atoms with van der Waals surface area (Å²) in [6, 6.07) is -1.01. The molecule has 16 nitrogen and oxygen atoms in total. The Bertz CT molecular complexity index is 1410. The summed E-state index contributed by atoms with van der Waals surface area (Å²) < 4.78 is 4.76. The smallest absolute Gasteiger partial charge is 0.353 e. The molecule has 2 aromatic rings. The second-order valence-electron chi connectivity index (χ2n) is 8.19. The highest BCUT2D eigenvalue weighted by atomic mass is 32.2. The molecule has 4 rings (SSSR count). The number of carbonyl (C=O) groups excluding carboxylic acids is 2. The standard InChI is InChI=1S/C20H25N11O5S5/c1-2-30(27-19(21)22)3-4-37-5-9-18(41-29-26-9)40-10-7-38-16-12(15(33)31(16)13(10)17(34)35)25-14(32)11(28-36)8-6-39-20(23)24-8/h6,12,16,36H,2-5,7H2,1H3,(H2,23,24)(H,25,32)(H,34,35)(H4,21,22,27)/b28-11-/t12-,16+/m1/s1. The first kappa shape index (κ1) is 30.7. The van der Waals surface area contributed by atoms with Crippen LogP contribution in [-0.4, -0.2) is 100 Å². The zero-order chi connectivity index (χ0) is 29.7. The Morgan fingerprint density at radius 1 is 1.37 bits per heavy atom. The number of nitrogens with one attached hydrogen (secondary N) is 1. The first-order valence-corrected chi connectivity index (χ1v) is 16.4. The SMILES string of the molecule is CCN(CCSCc1nnsc1SC1=C(C(=O)O)N2C(=O)[C@@H](NC(=O)/C(=N\O)c3csc(N)n3)[C@@H]2SC1)N=C(N)N. The van der Waals surface area contributed by atoms with E-state index >= 15 is 0 Å². The van der Waals surface area contributed by atoms with Gasteiger partial charge in [-0.2, -0.15) is 11.8 Å². The molecule has 21 heteroatoms. The van der Waals surface area contributed by atoms with E-state index < -0.39 is 34.9 Å². The Morgan fingerprint density at radius 2 is 2.15 bits per heavy atom. The van der Waals surface area contributed by atoms with E-state index in [1.807, 2.05) is 6.92 Å². The number of thioether (sulfide) groups is 3. The molecule has 2 amide bonds. The zero-order valence-electron chi connectivity index (χ0n) is 21.3. The van der Waals surface area contributed by atoms with Crippen molar-refractivity contribution >= 4 is 92.7 Å². The number of guanidine groups is 1. The van der Waals surface area contributed by atoms with E-state index in [1.165, 1.54) is 28.9 Å². The molecule has 2 aliphatic heterocycles. The molecule has 41 heavy (non-hydrogen) atoms. The van der Waals surface area contributed by atoms with Crippen molar-refractivity contribution in [2.24, 2.45) is 21.7 Å². The van der Waals surface area contributed by atoms with Crippen molar-refractivity contribution in [2.75, 3.05) is 30.3 Å². The number of nitrogens with two attached hydrogens (primary N) is 3. The van der Waals surface area contributed by atoms with E-state index in [0.29, 0.717) is 29.4 Å². The number of β-lactam (4-membered cyclic amide) rings is 1. The Hall–Kier alpha value is -3.27. The van der Waals surface area contributed by atoms with Gasteiger partial charge in [-0.1, -0.05) is 21.4 Å². The van der Waals surface area contributed by atoms with Crippen molar-refractivity contribution in [1.82, 2.24) is 29.8 Å². The lowest BCUT2D eigenvalue weighted by Gasteiger charge is -2.49. The van der Waals surface area contributed by atoms with Crippen LogP contribution in [0, 0.1) is 0 Å². The van der Waals surface area contributed by atoms with Crippen LogP contribution in [-0.2, 0) is 20.1 Å². The highest BCUT2D eigenvalue weighted by Gasteiger charge is 2.54. The maximum atomic E-state index is 13.0. The van der Waals surface area contributed by atoms with Gasteiger partial charge in [0.2, 0.25) is 5.96 Å². The minimum Gasteiger partial charge on any atom is -0.477 e. The number of nitrogen functional groups attached to an aromatic ring is 1. The van der Waals surface area contributed by atoms with Gasteiger partial charge in [-0.15, -0.1) is 33.3 Å². The molecular formula is C20H25N11O5S5. The average molecular weight is 660 g/mol. The summed E-state index contributed by atoms with van der Waals surface area (Å²) in [5, 5.41) is 35.8. The van der Waals surface area contributed by atoms with Gasteiger partial charge in [-0.05, 0) is 18.5 Å². The number of rotatable bonds is 13. The summed E-state index contributed by atoms with van der Waals surface area (Å²) in [6.45, 7) is 3.22. The lowest BCUT2D eigenvalue weighted by molar-refractivity contribution is -0.150. The van der Waals surface area contributed by atoms with Crippen LogP contribution in [0.1, 0.15) is 18.3 Å². The molecule has 0 unspecified atom stereocenters. The van der Waals surface area contributed by atoms with Crippen LogP contribution < -0.4 is 22.5 Å². The minimum absolute atomic E-state index is 0.00581. The van der Waals surface area contributed by atoms with E-state index in [-0.39, 0.29) is 28.2 Å². The van der Waals surface area contributed by atoms with Crippen LogP contribution in [0.25, 0.3) is 0 Å². The molecule has 0 saturated carbocycles. The molecule has 2 aliphatic rings. The van der Waals surface area contributed by atoms with Crippen molar-refractivity contribution in [3.8, 4) is 0 Å². The third-order valence-electron chi connectivity index (χ3n) is 5.59. The van der Waals surface area contributed by atoms with Crippen LogP contribution >= 0.6 is 58.2 Å². The van der Waals surface area contributed by atoms with Gasteiger partial charge in [0.05, 0.1) is 5.69 Å². The minimum atomic E-state index is -1.26. The van der Waals surface area contributed by atoms with E-state index in [9.17, 15) is 24.7 Å². The fourth-order valence-corrected chi connectivity index (χ4v) is 8.71. The predicted octanol–water partition coefficient (Wildman–Crippen LogP) is -0.0130. The van der Waals surface area contributed by atoms with E-state index in [1.54, 1.807) is 16.8 Å². The summed E-state index contributed by atoms with van der Waals surface area (Å²) in [7, 11) is 0. The molecule has 220 valence electrons. The highest BCUT2D eigenvalue weighted by Crippen LogP contribution is 2.46. The normalized spacial score (nSPS) is 18.5. The van der Waals surface area contributed by atoms with Crippen LogP contribution in [0.4, 0.5) is 5.13 Å². The lowest BCUT2D eigenvalue weighted by atomic mass is 10.0. The summed E-state index contributed by atoms with van der Waals surface area (Å²) in [5.41, 5.74) is 16.7. The number of anilines is 1. The number of aromatic nitrogens is 3. The zero-order valence-corrected chi connectivity index (χ0v) is 25.4. The van der Waals surface area contributed by atoms with Gasteiger partial charge >= 0.3 is 5.97 Å². The second-order valence-corrected chi connectivity index (χ2v) is 13.4. The Kier molecular flexibility index (Phi) is 10.2. The predicted molar refractivity (Wildman–Crippen MR) is 160 cm³/mol. The van der Waals surface area contributed by atoms with Gasteiger partial charge in [-0.3, -0.25) is 19.5 Å². The fraction of sp³-hybridized carbons (Fsp3) is 0.400. The molecule has 1 saturated heterocycles. The maximum Gasteiger partial charge on any atom is 0.353 e. The summed E-state index contributed by atoms with van der Waals surface area (Å²) in [4.78, 5) is 43.6. The van der Waals surface area contributed by atoms with Crippen LogP contribution in [0.3, 0.4) is 0 Å². The number of carbonyl (C=O) groups is 3. The molecule has 9 N–H and O–H groups in total. The number of oxime groups is 1. The number of hydrogen-bond acceptors (Lipinski definition) is 16. The summed E-state index contributed by atoms with van der Waals surface area (Å²) in [6.07, 6.45) is 0. The number of hydrogen-bond donors (Lipinski definition) is 6. The monoisotopic (exact) mass is 659 g/mol. The van der Waals surface area contributed by atoms with Crippen molar-refractivity contribution in [3.05, 3.63) is 27.4 Å². The Balaban J connectivity index is 1.41. The fourth-order valence-electron chi connectivity index (χ4n) is 3.75. The van der Waals surface area contributed by atoms with Crippen LogP contribution in [0.2, 0.25) is 0 Å². The molecule has 0 spiro atoms. The topological polar surface area (TPSA) is 252 Å². The van der Waals surface area contributed by atoms with Gasteiger partial charge in [0.1, 0.15) is 27.0 Å². The molecular weight excluding hydrogens is 635 g/mol. The largest absolute Gasteiger partial charge is 0.477 e. The molecule has 2 atom stereocenters. The van der Waals surface area contributed by atoms with E-state index in [4.69, 9.17) is 17.2 Å². The number of nitrogens with zero attached hydrogens (tertiary/aromatic N) is 7. The number of thiazole rings is 1. The first-order chi connectivity index (χ1) is 19.6. The molecule has 0 aliphatic carbocycles. The van der Waals surface area contributed by atoms with E-state index in [2.05, 4.69) is 30.1 Å². The number of hydrazone groups is 1. The molecule has 0 radical (unpaired) electrons. The van der Waals surface area contributed by atoms with Gasteiger partial charge < -0.3 is 32.8 Å². The van der Waals surface area contributed by atoms with Gasteiger partial charge in [0, 0.05) is 40.6 Å².